The van der Waals surface area contributed by atoms with Crippen molar-refractivity contribution < 1.29 is 0 Å². The molecule has 1 aliphatic carbocycles. The Bertz CT molecular complexity index is 444. The SMILES string of the molecule is NCCN1CCCN(Cc2ccc3c(c2)CCC3)CC1. The minimum absolute atomic E-state index is 0.783. The van der Waals surface area contributed by atoms with E-state index < -0.39 is 0 Å². The van der Waals surface area contributed by atoms with Crippen molar-refractivity contribution in [3.05, 3.63) is 34.9 Å². The zero-order valence-corrected chi connectivity index (χ0v) is 12.5. The molecule has 110 valence electrons. The molecule has 0 bridgehead atoms. The van der Waals surface area contributed by atoms with E-state index in [0.717, 1.165) is 19.6 Å². The number of nitrogens with zero attached hydrogens (tertiary/aromatic N) is 2. The number of nitrogens with two attached hydrogens (primary N) is 1. The van der Waals surface area contributed by atoms with Crippen molar-refractivity contribution in [1.82, 2.24) is 9.80 Å². The molecule has 1 aromatic rings. The monoisotopic (exact) mass is 273 g/mol. The number of aryl methyl sites for hydroxylation is 2. The summed E-state index contributed by atoms with van der Waals surface area (Å²) >= 11 is 0. The van der Waals surface area contributed by atoms with Crippen LogP contribution in [0.4, 0.5) is 0 Å². The predicted molar refractivity (Wildman–Crippen MR) is 83.9 cm³/mol. The standard InChI is InChI=1S/C17H27N3/c18-7-10-19-8-2-9-20(12-11-19)14-15-5-6-16-3-1-4-17(16)13-15/h5-6,13H,1-4,7-12,14,18H2. The molecular weight excluding hydrogens is 246 g/mol. The number of hydrogen-bond donors (Lipinski definition) is 1. The van der Waals surface area contributed by atoms with Gasteiger partial charge in [0.15, 0.2) is 0 Å². The molecule has 3 rings (SSSR count). The first-order chi connectivity index (χ1) is 9.85. The Labute approximate surface area is 122 Å². The van der Waals surface area contributed by atoms with Crippen molar-refractivity contribution in [2.45, 2.75) is 32.2 Å². The molecule has 0 saturated carbocycles. The number of rotatable bonds is 4. The third kappa shape index (κ3) is 3.40. The van der Waals surface area contributed by atoms with E-state index in [0.29, 0.717) is 0 Å². The first-order valence-corrected chi connectivity index (χ1v) is 8.10. The minimum atomic E-state index is 0.783. The summed E-state index contributed by atoms with van der Waals surface area (Å²) in [5, 5.41) is 0. The topological polar surface area (TPSA) is 32.5 Å². The van der Waals surface area contributed by atoms with Crippen LogP contribution >= 0.6 is 0 Å². The first kappa shape index (κ1) is 14.1. The molecule has 2 N–H and O–H groups in total. The van der Waals surface area contributed by atoms with Crippen molar-refractivity contribution in [3.63, 3.8) is 0 Å². The van der Waals surface area contributed by atoms with Gasteiger partial charge in [-0.05, 0) is 55.5 Å². The lowest BCUT2D eigenvalue weighted by molar-refractivity contribution is 0.255. The summed E-state index contributed by atoms with van der Waals surface area (Å²) in [5.74, 6) is 0. The van der Waals surface area contributed by atoms with Crippen LogP contribution < -0.4 is 5.73 Å². The average Bonchev–Trinajstić information content (AvgIpc) is 2.81. The van der Waals surface area contributed by atoms with Gasteiger partial charge in [-0.25, -0.2) is 0 Å². The highest BCUT2D eigenvalue weighted by atomic mass is 15.2. The van der Waals surface area contributed by atoms with E-state index in [1.54, 1.807) is 11.1 Å². The van der Waals surface area contributed by atoms with Gasteiger partial charge in [-0.2, -0.15) is 0 Å². The van der Waals surface area contributed by atoms with Gasteiger partial charge in [0, 0.05) is 32.7 Å². The normalized spacial score (nSPS) is 20.9. The zero-order valence-electron chi connectivity index (χ0n) is 12.5. The van der Waals surface area contributed by atoms with Crippen LogP contribution in [0, 0.1) is 0 Å². The summed E-state index contributed by atoms with van der Waals surface area (Å²) in [6.07, 6.45) is 5.18. The van der Waals surface area contributed by atoms with Crippen LogP contribution in [0.15, 0.2) is 18.2 Å². The largest absolute Gasteiger partial charge is 0.329 e. The van der Waals surface area contributed by atoms with Gasteiger partial charge in [0.05, 0.1) is 0 Å². The van der Waals surface area contributed by atoms with Crippen LogP contribution in [-0.2, 0) is 19.4 Å². The number of fused-ring (bicyclic) bond motifs is 1. The Morgan fingerprint density at radius 2 is 1.70 bits per heavy atom. The van der Waals surface area contributed by atoms with Gasteiger partial charge in [0.2, 0.25) is 0 Å². The van der Waals surface area contributed by atoms with Crippen LogP contribution in [0.1, 0.15) is 29.5 Å². The maximum atomic E-state index is 5.67. The maximum Gasteiger partial charge on any atom is 0.0234 e. The van der Waals surface area contributed by atoms with E-state index in [1.165, 1.54) is 57.4 Å². The Balaban J connectivity index is 1.57. The van der Waals surface area contributed by atoms with Gasteiger partial charge in [-0.1, -0.05) is 18.2 Å². The van der Waals surface area contributed by atoms with Gasteiger partial charge >= 0.3 is 0 Å². The lowest BCUT2D eigenvalue weighted by Gasteiger charge is -2.21. The second-order valence-corrected chi connectivity index (χ2v) is 6.22. The van der Waals surface area contributed by atoms with E-state index in [1.807, 2.05) is 0 Å². The molecule has 0 amide bonds. The highest BCUT2D eigenvalue weighted by molar-refractivity contribution is 5.35. The van der Waals surface area contributed by atoms with Gasteiger partial charge in [0.25, 0.3) is 0 Å². The lowest BCUT2D eigenvalue weighted by atomic mass is 10.1. The number of hydrogen-bond acceptors (Lipinski definition) is 3. The lowest BCUT2D eigenvalue weighted by Crippen LogP contribution is -2.33. The van der Waals surface area contributed by atoms with Crippen LogP contribution in [0.25, 0.3) is 0 Å². The zero-order chi connectivity index (χ0) is 13.8. The van der Waals surface area contributed by atoms with E-state index in [4.69, 9.17) is 5.73 Å². The van der Waals surface area contributed by atoms with E-state index >= 15 is 0 Å². The molecule has 3 nitrogen and oxygen atoms in total. The fourth-order valence-corrected chi connectivity index (χ4v) is 3.57. The van der Waals surface area contributed by atoms with Crippen LogP contribution in [0.5, 0.6) is 0 Å². The van der Waals surface area contributed by atoms with Crippen molar-refractivity contribution in [2.24, 2.45) is 5.73 Å². The smallest absolute Gasteiger partial charge is 0.0234 e. The molecule has 0 radical (unpaired) electrons. The maximum absolute atomic E-state index is 5.67. The third-order valence-corrected chi connectivity index (χ3v) is 4.70. The summed E-state index contributed by atoms with van der Waals surface area (Å²) < 4.78 is 0. The molecule has 0 atom stereocenters. The first-order valence-electron chi connectivity index (χ1n) is 8.10. The van der Waals surface area contributed by atoms with Crippen LogP contribution in [0.2, 0.25) is 0 Å². The van der Waals surface area contributed by atoms with E-state index in [-0.39, 0.29) is 0 Å². The fourth-order valence-electron chi connectivity index (χ4n) is 3.57. The van der Waals surface area contributed by atoms with Crippen LogP contribution in [0.3, 0.4) is 0 Å². The second kappa shape index (κ2) is 6.70. The quantitative estimate of drug-likeness (QED) is 0.905. The molecule has 1 saturated heterocycles. The molecule has 1 heterocycles. The molecule has 2 aliphatic rings. The highest BCUT2D eigenvalue weighted by Crippen LogP contribution is 2.23. The van der Waals surface area contributed by atoms with E-state index in [2.05, 4.69) is 28.0 Å². The molecule has 3 heteroatoms. The molecule has 0 aromatic heterocycles. The summed E-state index contributed by atoms with van der Waals surface area (Å²) in [6.45, 7) is 7.72. The fraction of sp³-hybridized carbons (Fsp3) is 0.647. The molecule has 0 unspecified atom stereocenters. The molecule has 0 spiro atoms. The Kier molecular flexibility index (Phi) is 4.71. The van der Waals surface area contributed by atoms with Gasteiger partial charge in [-0.3, -0.25) is 4.90 Å². The minimum Gasteiger partial charge on any atom is -0.329 e. The van der Waals surface area contributed by atoms with Crippen molar-refractivity contribution in [2.75, 3.05) is 39.3 Å². The van der Waals surface area contributed by atoms with Gasteiger partial charge in [-0.15, -0.1) is 0 Å². The summed E-state index contributed by atoms with van der Waals surface area (Å²) in [4.78, 5) is 5.11. The third-order valence-electron chi connectivity index (χ3n) is 4.70. The highest BCUT2D eigenvalue weighted by Gasteiger charge is 2.16. The van der Waals surface area contributed by atoms with Crippen molar-refractivity contribution in [1.29, 1.82) is 0 Å². The predicted octanol–water partition coefficient (Wildman–Crippen LogP) is 1.64. The second-order valence-electron chi connectivity index (χ2n) is 6.22. The van der Waals surface area contributed by atoms with E-state index in [9.17, 15) is 0 Å². The van der Waals surface area contributed by atoms with Gasteiger partial charge < -0.3 is 10.6 Å². The summed E-state index contributed by atoms with van der Waals surface area (Å²) in [7, 11) is 0. The molecular formula is C17H27N3. The molecule has 20 heavy (non-hydrogen) atoms. The molecule has 1 aliphatic heterocycles. The Morgan fingerprint density at radius 3 is 2.60 bits per heavy atom. The number of benzene rings is 1. The molecule has 1 aromatic carbocycles. The average molecular weight is 273 g/mol. The summed E-state index contributed by atoms with van der Waals surface area (Å²) in [5.41, 5.74) is 10.3. The van der Waals surface area contributed by atoms with Crippen LogP contribution in [-0.4, -0.2) is 49.1 Å². The Hall–Kier alpha value is -0.900. The summed E-state index contributed by atoms with van der Waals surface area (Å²) in [6, 6.07) is 7.15. The Morgan fingerprint density at radius 1 is 0.900 bits per heavy atom. The molecule has 1 fully saturated rings. The van der Waals surface area contributed by atoms with Crippen molar-refractivity contribution in [3.8, 4) is 0 Å². The van der Waals surface area contributed by atoms with Gasteiger partial charge in [0.1, 0.15) is 0 Å². The van der Waals surface area contributed by atoms with Crippen molar-refractivity contribution >= 4 is 0 Å².